The lowest BCUT2D eigenvalue weighted by atomic mass is 9.59. The Morgan fingerprint density at radius 2 is 1.80 bits per heavy atom. The monoisotopic (exact) mass is 919 g/mol. The van der Waals surface area contributed by atoms with Gasteiger partial charge in [-0.3, -0.25) is 19.8 Å². The number of aromatic nitrogens is 2. The number of anilines is 2. The lowest BCUT2D eigenvalue weighted by molar-refractivity contribution is -0.384. The second kappa shape index (κ2) is 17.5. The largest absolute Gasteiger partial charge is 0.489 e. The normalized spacial score (nSPS) is 23.3. The first-order chi connectivity index (χ1) is 31.7. The highest BCUT2D eigenvalue weighted by molar-refractivity contribution is 7.90. The van der Waals surface area contributed by atoms with E-state index in [1.807, 2.05) is 0 Å². The summed E-state index contributed by atoms with van der Waals surface area (Å²) in [7, 11) is -4.68. The molecule has 5 aliphatic rings. The number of benzene rings is 3. The molecule has 2 atom stereocenters. The molecule has 4 fully saturated rings. The molecule has 348 valence electrons. The molecule has 1 amide bonds. The van der Waals surface area contributed by atoms with E-state index in [-0.39, 0.29) is 57.9 Å². The average molecular weight is 920 g/mol. The van der Waals surface area contributed by atoms with Gasteiger partial charge in [-0.1, -0.05) is 57.9 Å². The van der Waals surface area contributed by atoms with E-state index in [9.17, 15) is 27.7 Å². The molecule has 2 saturated carbocycles. The fraction of sp³-hybridized carbons (Fsp3) is 0.480. The van der Waals surface area contributed by atoms with E-state index in [1.54, 1.807) is 12.1 Å². The van der Waals surface area contributed by atoms with Crippen molar-refractivity contribution >= 4 is 44.0 Å². The van der Waals surface area contributed by atoms with Gasteiger partial charge in [-0.05, 0) is 110 Å². The smallest absolute Gasteiger partial charge is 0.297 e. The zero-order valence-electron chi connectivity index (χ0n) is 37.7. The van der Waals surface area contributed by atoms with Crippen LogP contribution in [0.25, 0.3) is 11.0 Å². The standard InChI is InChI=1S/C50H58FN7O7S/c1-30(2)37-7-4-5-8-38(37)43-9-6-18-57(43)34-25-50(26-34)16-19-56(20-17-50)33-14-15-39(45(21-33)65-35-22-40-41(51)28-53-48(40)52-27-35)49(59)55-66(62,63)36-23-44(58(60)61)47-46(24-36)64-29-42(54-47)32-12-10-31(3)11-13-32/h4-5,7-8,14-15,21-24,27-28,30-32,34,42-43,54H,6,9-13,16-20,25-26,29H2,1-3H3,(H,52,53)(H,55,59)/t31-,32-,42-,43-/m0/s1. The maximum atomic E-state index is 14.7. The third kappa shape index (κ3) is 8.46. The van der Waals surface area contributed by atoms with Gasteiger partial charge in [0.15, 0.2) is 11.4 Å². The molecule has 1 spiro atoms. The van der Waals surface area contributed by atoms with E-state index >= 15 is 0 Å². The van der Waals surface area contributed by atoms with Gasteiger partial charge >= 0.3 is 0 Å². The molecule has 0 unspecified atom stereocenters. The predicted molar refractivity (Wildman–Crippen MR) is 250 cm³/mol. The minimum absolute atomic E-state index is 0.0269. The minimum atomic E-state index is -4.68. The Balaban J connectivity index is 0.865. The number of rotatable bonds is 11. The molecule has 10 rings (SSSR count). The summed E-state index contributed by atoms with van der Waals surface area (Å²) < 4.78 is 57.0. The molecule has 66 heavy (non-hydrogen) atoms. The Kier molecular flexibility index (Phi) is 11.7. The number of carbonyl (C=O) groups excluding carboxylic acids is 1. The lowest BCUT2D eigenvalue weighted by Gasteiger charge is -2.56. The highest BCUT2D eigenvalue weighted by atomic mass is 32.2. The van der Waals surface area contributed by atoms with E-state index in [1.165, 1.54) is 67.4 Å². The number of carbonyl (C=O) groups is 1. The Morgan fingerprint density at radius 1 is 1.03 bits per heavy atom. The minimum Gasteiger partial charge on any atom is -0.489 e. The molecule has 16 heteroatoms. The maximum absolute atomic E-state index is 14.7. The van der Waals surface area contributed by atoms with Crippen LogP contribution in [0.2, 0.25) is 0 Å². The highest BCUT2D eigenvalue weighted by Gasteiger charge is 2.50. The van der Waals surface area contributed by atoms with Crippen LogP contribution in [-0.4, -0.2) is 72.4 Å². The molecule has 14 nitrogen and oxygen atoms in total. The summed E-state index contributed by atoms with van der Waals surface area (Å²) in [6.45, 7) is 9.72. The van der Waals surface area contributed by atoms with Crippen LogP contribution in [0.3, 0.4) is 0 Å². The predicted octanol–water partition coefficient (Wildman–Crippen LogP) is 10.2. The van der Waals surface area contributed by atoms with Crippen molar-refractivity contribution in [2.24, 2.45) is 17.3 Å². The number of nitrogens with one attached hydrogen (secondary N) is 3. The van der Waals surface area contributed by atoms with Crippen molar-refractivity contribution in [2.45, 2.75) is 114 Å². The van der Waals surface area contributed by atoms with E-state index in [4.69, 9.17) is 9.47 Å². The summed E-state index contributed by atoms with van der Waals surface area (Å²) in [4.78, 5) is 37.4. The first kappa shape index (κ1) is 44.1. The fourth-order valence-corrected chi connectivity index (χ4v) is 12.6. The van der Waals surface area contributed by atoms with Gasteiger partial charge in [-0.2, -0.15) is 0 Å². The Hall–Kier alpha value is -5.74. The van der Waals surface area contributed by atoms with Gasteiger partial charge in [0.1, 0.15) is 29.6 Å². The number of amides is 1. The molecule has 2 saturated heterocycles. The van der Waals surface area contributed by atoms with Crippen molar-refractivity contribution in [2.75, 3.05) is 36.5 Å². The zero-order valence-corrected chi connectivity index (χ0v) is 38.5. The third-order valence-corrected chi connectivity index (χ3v) is 16.6. The van der Waals surface area contributed by atoms with Gasteiger partial charge in [-0.25, -0.2) is 22.5 Å². The molecule has 3 aliphatic heterocycles. The third-order valence-electron chi connectivity index (χ3n) is 15.3. The zero-order chi connectivity index (χ0) is 45.9. The molecule has 5 heterocycles. The molecular weight excluding hydrogens is 862 g/mol. The molecular formula is C50H58FN7O7S. The molecule has 5 aromatic rings. The van der Waals surface area contributed by atoms with Crippen molar-refractivity contribution in [1.29, 1.82) is 0 Å². The molecule has 2 aliphatic carbocycles. The van der Waals surface area contributed by atoms with Crippen molar-refractivity contribution in [3.8, 4) is 17.2 Å². The summed E-state index contributed by atoms with van der Waals surface area (Å²) in [5.41, 5.74) is 3.86. The number of fused-ring (bicyclic) bond motifs is 2. The lowest BCUT2D eigenvalue weighted by Crippen LogP contribution is -2.54. The van der Waals surface area contributed by atoms with Gasteiger partial charge in [-0.15, -0.1) is 0 Å². The highest BCUT2D eigenvalue weighted by Crippen LogP contribution is 2.54. The second-order valence-electron chi connectivity index (χ2n) is 19.8. The second-order valence-corrected chi connectivity index (χ2v) is 21.5. The van der Waals surface area contributed by atoms with E-state index in [0.29, 0.717) is 29.6 Å². The Bertz CT molecular complexity index is 2770. The number of halogens is 1. The van der Waals surface area contributed by atoms with Gasteiger partial charge < -0.3 is 24.7 Å². The number of pyridine rings is 1. The summed E-state index contributed by atoms with van der Waals surface area (Å²) in [5, 5.41) is 15.9. The number of nitro benzene ring substituents is 1. The van der Waals surface area contributed by atoms with Crippen LogP contribution in [0.4, 0.5) is 21.5 Å². The van der Waals surface area contributed by atoms with Crippen LogP contribution in [-0.2, 0) is 10.0 Å². The Morgan fingerprint density at radius 3 is 2.56 bits per heavy atom. The summed E-state index contributed by atoms with van der Waals surface area (Å²) in [6.07, 6.45) is 13.4. The van der Waals surface area contributed by atoms with Crippen LogP contribution < -0.4 is 24.4 Å². The number of sulfonamides is 1. The molecule has 0 bridgehead atoms. The van der Waals surface area contributed by atoms with Gasteiger partial charge in [0.25, 0.3) is 21.6 Å². The number of nitro groups is 1. The SMILES string of the molecule is CC(C)c1ccccc1[C@@H]1CCCN1C1CC2(CCN(c3ccc(C(=O)NS(=O)(=O)c4cc5c(c([N+](=O)[O-])c4)N[C@H]([C@H]4CC[C@H](C)CC4)CO5)c(Oc4cnc5[nH]cc(F)c5c4)c3)CC2)C1. The quantitative estimate of drug-likeness (QED) is 0.0850. The topological polar surface area (TPSA) is 172 Å². The van der Waals surface area contributed by atoms with Crippen molar-refractivity contribution in [3.63, 3.8) is 0 Å². The number of hydrogen-bond acceptors (Lipinski definition) is 11. The van der Waals surface area contributed by atoms with Crippen LogP contribution >= 0.6 is 0 Å². The van der Waals surface area contributed by atoms with Crippen LogP contribution in [0, 0.1) is 33.2 Å². The van der Waals surface area contributed by atoms with E-state index < -0.39 is 37.3 Å². The molecule has 3 aromatic carbocycles. The number of ether oxygens (including phenoxy) is 2. The number of piperidine rings is 1. The summed E-state index contributed by atoms with van der Waals surface area (Å²) in [6, 6.07) is 18.4. The van der Waals surface area contributed by atoms with Crippen molar-refractivity contribution < 1.29 is 32.0 Å². The molecule has 2 aromatic heterocycles. The number of aromatic amines is 1. The van der Waals surface area contributed by atoms with Crippen molar-refractivity contribution in [1.82, 2.24) is 19.6 Å². The number of nitrogens with zero attached hydrogens (tertiary/aromatic N) is 4. The fourth-order valence-electron chi connectivity index (χ4n) is 11.6. The Labute approximate surface area is 384 Å². The van der Waals surface area contributed by atoms with Crippen LogP contribution in [0.1, 0.15) is 118 Å². The summed E-state index contributed by atoms with van der Waals surface area (Å²) in [5.74, 6) is 0.0386. The first-order valence-electron chi connectivity index (χ1n) is 23.6. The average Bonchev–Trinajstić information content (AvgIpc) is 3.94. The number of H-pyrrole nitrogens is 1. The van der Waals surface area contributed by atoms with Crippen molar-refractivity contribution in [3.05, 3.63) is 106 Å². The number of hydrogen-bond donors (Lipinski definition) is 3. The van der Waals surface area contributed by atoms with E-state index in [0.717, 1.165) is 69.9 Å². The summed E-state index contributed by atoms with van der Waals surface area (Å²) >= 11 is 0. The van der Waals surface area contributed by atoms with Gasteiger partial charge in [0, 0.05) is 55.3 Å². The molecule has 0 radical (unpaired) electrons. The first-order valence-corrected chi connectivity index (χ1v) is 25.1. The van der Waals surface area contributed by atoms with E-state index in [2.05, 4.69) is 74.8 Å². The van der Waals surface area contributed by atoms with Crippen LogP contribution in [0.15, 0.2) is 78.0 Å². The molecule has 3 N–H and O–H groups in total. The maximum Gasteiger partial charge on any atom is 0.297 e. The van der Waals surface area contributed by atoms with Gasteiger partial charge in [0.05, 0.1) is 33.0 Å². The van der Waals surface area contributed by atoms with Crippen LogP contribution in [0.5, 0.6) is 17.2 Å². The number of likely N-dealkylation sites (tertiary alicyclic amines) is 1. The van der Waals surface area contributed by atoms with Gasteiger partial charge in [0.2, 0.25) is 0 Å².